The zero-order valence-electron chi connectivity index (χ0n) is 17.1. The van der Waals surface area contributed by atoms with Crippen LogP contribution in [-0.2, 0) is 16.1 Å². The SMILES string of the molecule is Cc1ccc(C(=O)C2C(=O)C(=O)N(CCCn3ccnc3)C2c2cccc(Br)c2)cc1. The first-order valence-electron chi connectivity index (χ1n) is 10.1. The minimum absolute atomic E-state index is 0.319. The van der Waals surface area contributed by atoms with Gasteiger partial charge in [0.1, 0.15) is 5.92 Å². The van der Waals surface area contributed by atoms with Crippen molar-refractivity contribution in [1.82, 2.24) is 14.5 Å². The number of hydrogen-bond acceptors (Lipinski definition) is 4. The molecule has 0 N–H and O–H groups in total. The van der Waals surface area contributed by atoms with Crippen molar-refractivity contribution in [2.75, 3.05) is 6.54 Å². The van der Waals surface area contributed by atoms with E-state index in [0.717, 1.165) is 15.6 Å². The van der Waals surface area contributed by atoms with Crippen LogP contribution in [0.15, 0.2) is 71.7 Å². The van der Waals surface area contributed by atoms with Crippen LogP contribution >= 0.6 is 15.9 Å². The van der Waals surface area contributed by atoms with Crippen molar-refractivity contribution in [1.29, 1.82) is 0 Å². The Morgan fingerprint density at radius 1 is 1.10 bits per heavy atom. The number of aromatic nitrogens is 2. The second-order valence-electron chi connectivity index (χ2n) is 7.72. The van der Waals surface area contributed by atoms with E-state index in [4.69, 9.17) is 0 Å². The molecule has 0 aliphatic carbocycles. The number of carbonyl (C=O) groups excluding carboxylic acids is 3. The van der Waals surface area contributed by atoms with Gasteiger partial charge >= 0.3 is 0 Å². The van der Waals surface area contributed by atoms with Gasteiger partial charge in [0.2, 0.25) is 5.78 Å². The molecule has 1 aliphatic heterocycles. The molecule has 1 saturated heterocycles. The summed E-state index contributed by atoms with van der Waals surface area (Å²) in [5.74, 6) is -2.61. The predicted octanol–water partition coefficient (Wildman–Crippen LogP) is 4.00. The Bertz CT molecular complexity index is 1110. The number of hydrogen-bond donors (Lipinski definition) is 0. The highest BCUT2D eigenvalue weighted by molar-refractivity contribution is 9.10. The van der Waals surface area contributed by atoms with Gasteiger partial charge in [0.25, 0.3) is 5.91 Å². The molecular weight excluding hydrogens is 458 g/mol. The Hall–Kier alpha value is -3.06. The summed E-state index contributed by atoms with van der Waals surface area (Å²) in [6.07, 6.45) is 5.91. The average molecular weight is 480 g/mol. The number of carbonyl (C=O) groups is 3. The van der Waals surface area contributed by atoms with Gasteiger partial charge in [-0.1, -0.05) is 57.9 Å². The number of nitrogens with zero attached hydrogens (tertiary/aromatic N) is 3. The largest absolute Gasteiger partial charge is 0.337 e. The van der Waals surface area contributed by atoms with Gasteiger partial charge < -0.3 is 9.47 Å². The van der Waals surface area contributed by atoms with Gasteiger partial charge in [-0.2, -0.15) is 0 Å². The zero-order valence-corrected chi connectivity index (χ0v) is 18.7. The van der Waals surface area contributed by atoms with Crippen molar-refractivity contribution in [2.24, 2.45) is 5.92 Å². The Morgan fingerprint density at radius 3 is 2.55 bits per heavy atom. The van der Waals surface area contributed by atoms with Gasteiger partial charge in [-0.05, 0) is 31.0 Å². The highest BCUT2D eigenvalue weighted by atomic mass is 79.9. The molecular formula is C24H22BrN3O3. The van der Waals surface area contributed by atoms with Crippen molar-refractivity contribution < 1.29 is 14.4 Å². The van der Waals surface area contributed by atoms with Crippen molar-refractivity contribution in [3.8, 4) is 0 Å². The fourth-order valence-electron chi connectivity index (χ4n) is 4.03. The summed E-state index contributed by atoms with van der Waals surface area (Å²) in [4.78, 5) is 44.9. The molecule has 0 bridgehead atoms. The lowest BCUT2D eigenvalue weighted by Gasteiger charge is -2.27. The number of ketones is 2. The second-order valence-corrected chi connectivity index (χ2v) is 8.64. The first-order valence-corrected chi connectivity index (χ1v) is 10.9. The van der Waals surface area contributed by atoms with Crippen LogP contribution in [0.2, 0.25) is 0 Å². The molecule has 0 saturated carbocycles. The van der Waals surface area contributed by atoms with Gasteiger partial charge in [0, 0.05) is 35.5 Å². The standard InChI is InChI=1S/C24H22BrN3O3/c1-16-6-8-17(9-7-16)22(29)20-21(18-4-2-5-19(25)14-18)28(24(31)23(20)30)12-3-11-27-13-10-26-15-27/h2,4-10,13-15,20-21H,3,11-12H2,1H3. The third-order valence-electron chi connectivity index (χ3n) is 5.59. The highest BCUT2D eigenvalue weighted by Crippen LogP contribution is 2.39. The summed E-state index contributed by atoms with van der Waals surface area (Å²) in [6.45, 7) is 2.97. The van der Waals surface area contributed by atoms with Gasteiger partial charge in [-0.25, -0.2) is 4.98 Å². The number of aryl methyl sites for hydroxylation is 2. The molecule has 4 rings (SSSR count). The number of halogens is 1. The minimum Gasteiger partial charge on any atom is -0.337 e. The first-order chi connectivity index (χ1) is 15.0. The van der Waals surface area contributed by atoms with Crippen LogP contribution in [0.5, 0.6) is 0 Å². The Balaban J connectivity index is 1.66. The van der Waals surface area contributed by atoms with Crippen molar-refractivity contribution in [3.05, 3.63) is 88.4 Å². The van der Waals surface area contributed by atoms with E-state index in [1.165, 1.54) is 0 Å². The van der Waals surface area contributed by atoms with Crippen LogP contribution in [0.4, 0.5) is 0 Å². The highest BCUT2D eigenvalue weighted by Gasteiger charge is 2.51. The van der Waals surface area contributed by atoms with E-state index >= 15 is 0 Å². The van der Waals surface area contributed by atoms with Crippen LogP contribution in [0, 0.1) is 12.8 Å². The van der Waals surface area contributed by atoms with E-state index in [1.807, 2.05) is 54.1 Å². The van der Waals surface area contributed by atoms with E-state index in [2.05, 4.69) is 20.9 Å². The summed E-state index contributed by atoms with van der Waals surface area (Å²) in [5.41, 5.74) is 2.23. The molecule has 7 heteroatoms. The number of Topliss-reactive ketones (excluding diaryl/α,β-unsaturated/α-hetero) is 2. The molecule has 1 aromatic heterocycles. The topological polar surface area (TPSA) is 72.3 Å². The summed E-state index contributed by atoms with van der Waals surface area (Å²) in [5, 5.41) is 0. The van der Waals surface area contributed by atoms with Crippen LogP contribution in [-0.4, -0.2) is 38.5 Å². The Labute approximate surface area is 189 Å². The maximum atomic E-state index is 13.4. The lowest BCUT2D eigenvalue weighted by Crippen LogP contribution is -2.32. The molecule has 3 aromatic rings. The molecule has 0 spiro atoms. The molecule has 1 aliphatic rings. The molecule has 2 atom stereocenters. The van der Waals surface area contributed by atoms with Crippen LogP contribution in [0.3, 0.4) is 0 Å². The van der Waals surface area contributed by atoms with E-state index in [0.29, 0.717) is 25.1 Å². The summed E-state index contributed by atoms with van der Waals surface area (Å²) in [7, 11) is 0. The number of amides is 1. The van der Waals surface area contributed by atoms with Crippen molar-refractivity contribution in [2.45, 2.75) is 25.9 Å². The molecule has 2 unspecified atom stereocenters. The van der Waals surface area contributed by atoms with Gasteiger partial charge in [0.05, 0.1) is 12.4 Å². The van der Waals surface area contributed by atoms with Gasteiger partial charge in [0.15, 0.2) is 5.78 Å². The van der Waals surface area contributed by atoms with Crippen LogP contribution in [0.25, 0.3) is 0 Å². The van der Waals surface area contributed by atoms with E-state index < -0.39 is 23.7 Å². The fourth-order valence-corrected chi connectivity index (χ4v) is 4.45. The molecule has 31 heavy (non-hydrogen) atoms. The number of likely N-dealkylation sites (tertiary alicyclic amines) is 1. The van der Waals surface area contributed by atoms with Crippen LogP contribution in [0.1, 0.15) is 33.9 Å². The minimum atomic E-state index is -1.06. The lowest BCUT2D eigenvalue weighted by atomic mass is 9.86. The Morgan fingerprint density at radius 2 is 1.87 bits per heavy atom. The smallest absolute Gasteiger partial charge is 0.291 e. The van der Waals surface area contributed by atoms with E-state index in [-0.39, 0.29) is 5.78 Å². The quantitative estimate of drug-likeness (QED) is 0.291. The lowest BCUT2D eigenvalue weighted by molar-refractivity contribution is -0.140. The maximum Gasteiger partial charge on any atom is 0.291 e. The predicted molar refractivity (Wildman–Crippen MR) is 119 cm³/mol. The monoisotopic (exact) mass is 479 g/mol. The van der Waals surface area contributed by atoms with Crippen molar-refractivity contribution in [3.63, 3.8) is 0 Å². The Kier molecular flexibility index (Phi) is 6.13. The molecule has 1 amide bonds. The number of rotatable bonds is 7. The van der Waals surface area contributed by atoms with E-state index in [1.54, 1.807) is 29.6 Å². The molecule has 6 nitrogen and oxygen atoms in total. The first kappa shape index (κ1) is 21.2. The van der Waals surface area contributed by atoms with Crippen LogP contribution < -0.4 is 0 Å². The summed E-state index contributed by atoms with van der Waals surface area (Å²) in [6, 6.07) is 13.9. The normalized spacial score (nSPS) is 18.6. The molecule has 2 heterocycles. The zero-order chi connectivity index (χ0) is 22.0. The average Bonchev–Trinajstić information content (AvgIpc) is 3.36. The third-order valence-corrected chi connectivity index (χ3v) is 6.08. The second kappa shape index (κ2) is 8.98. The molecule has 0 radical (unpaired) electrons. The summed E-state index contributed by atoms with van der Waals surface area (Å²) >= 11 is 3.46. The number of benzene rings is 2. The number of imidazole rings is 1. The fraction of sp³-hybridized carbons (Fsp3) is 0.250. The molecule has 1 fully saturated rings. The van der Waals surface area contributed by atoms with Gasteiger partial charge in [-0.15, -0.1) is 0 Å². The third kappa shape index (κ3) is 4.37. The molecule has 2 aromatic carbocycles. The van der Waals surface area contributed by atoms with Crippen molar-refractivity contribution >= 4 is 33.4 Å². The summed E-state index contributed by atoms with van der Waals surface area (Å²) < 4.78 is 2.75. The van der Waals surface area contributed by atoms with Gasteiger partial charge in [-0.3, -0.25) is 14.4 Å². The van der Waals surface area contributed by atoms with E-state index in [9.17, 15) is 14.4 Å². The maximum absolute atomic E-state index is 13.4. The molecule has 158 valence electrons.